The van der Waals surface area contributed by atoms with E-state index in [2.05, 4.69) is 10.1 Å². The Balaban J connectivity index is 1.57. The predicted octanol–water partition coefficient (Wildman–Crippen LogP) is 2.40. The summed E-state index contributed by atoms with van der Waals surface area (Å²) in [5.74, 6) is 2.78. The largest absolute Gasteiger partial charge is 0.496 e. The molecule has 26 heavy (non-hydrogen) atoms. The number of ether oxygens (including phenoxy) is 2. The van der Waals surface area contributed by atoms with E-state index in [-0.39, 0.29) is 0 Å². The summed E-state index contributed by atoms with van der Waals surface area (Å²) in [5, 5.41) is 14.6. The first kappa shape index (κ1) is 16.6. The van der Waals surface area contributed by atoms with E-state index in [0.29, 0.717) is 48.6 Å². The topological polar surface area (TPSA) is 94.0 Å². The van der Waals surface area contributed by atoms with Gasteiger partial charge in [0.05, 0.1) is 33.1 Å². The standard InChI is InChI=1S/C18H19N3O5/c1-23-13-5-6-14(24-2)17-11(13)8-21(9-12(17)22)10-16-19-18(20-26-16)15-4-3-7-25-15/h3-7,12,22H,8-10H2,1-2H3/t12-/m0/s1. The Morgan fingerprint density at radius 2 is 2.04 bits per heavy atom. The van der Waals surface area contributed by atoms with Gasteiger partial charge in [-0.15, -0.1) is 0 Å². The predicted molar refractivity (Wildman–Crippen MR) is 90.6 cm³/mol. The van der Waals surface area contributed by atoms with Gasteiger partial charge in [-0.2, -0.15) is 4.98 Å². The summed E-state index contributed by atoms with van der Waals surface area (Å²) in [6, 6.07) is 7.19. The van der Waals surface area contributed by atoms with Crippen molar-refractivity contribution in [3.05, 3.63) is 47.5 Å². The summed E-state index contributed by atoms with van der Waals surface area (Å²) in [7, 11) is 3.21. The first-order valence-corrected chi connectivity index (χ1v) is 8.20. The van der Waals surface area contributed by atoms with Gasteiger partial charge in [0.25, 0.3) is 0 Å². The lowest BCUT2D eigenvalue weighted by atomic mass is 9.95. The Morgan fingerprint density at radius 1 is 1.23 bits per heavy atom. The Labute approximate surface area is 149 Å². The molecule has 0 saturated carbocycles. The molecule has 2 aromatic heterocycles. The molecule has 3 aromatic rings. The Kier molecular flexibility index (Phi) is 4.36. The highest BCUT2D eigenvalue weighted by molar-refractivity contribution is 5.51. The van der Waals surface area contributed by atoms with Gasteiger partial charge in [-0.25, -0.2) is 0 Å². The molecule has 0 bridgehead atoms. The molecule has 4 rings (SSSR count). The molecule has 1 aromatic carbocycles. The molecule has 1 aliphatic heterocycles. The van der Waals surface area contributed by atoms with Crippen LogP contribution in [0.25, 0.3) is 11.6 Å². The number of furan rings is 1. The van der Waals surface area contributed by atoms with E-state index in [9.17, 15) is 5.11 Å². The number of benzene rings is 1. The summed E-state index contributed by atoms with van der Waals surface area (Å²) in [5.41, 5.74) is 1.67. The molecule has 0 spiro atoms. The maximum atomic E-state index is 10.6. The average molecular weight is 357 g/mol. The Morgan fingerprint density at radius 3 is 2.77 bits per heavy atom. The maximum Gasteiger partial charge on any atom is 0.241 e. The van der Waals surface area contributed by atoms with Crippen LogP contribution >= 0.6 is 0 Å². The molecule has 0 saturated heterocycles. The smallest absolute Gasteiger partial charge is 0.241 e. The van der Waals surface area contributed by atoms with Crippen molar-refractivity contribution in [3.8, 4) is 23.1 Å². The highest BCUT2D eigenvalue weighted by Crippen LogP contribution is 2.39. The number of hydrogen-bond acceptors (Lipinski definition) is 8. The monoisotopic (exact) mass is 357 g/mol. The number of nitrogens with zero attached hydrogens (tertiary/aromatic N) is 3. The van der Waals surface area contributed by atoms with Crippen LogP contribution in [0.5, 0.6) is 11.5 Å². The van der Waals surface area contributed by atoms with Crippen LogP contribution in [0.4, 0.5) is 0 Å². The highest BCUT2D eigenvalue weighted by atomic mass is 16.5. The lowest BCUT2D eigenvalue weighted by Crippen LogP contribution is -2.33. The van der Waals surface area contributed by atoms with E-state index in [1.54, 1.807) is 32.6 Å². The number of aliphatic hydroxyl groups is 1. The van der Waals surface area contributed by atoms with E-state index < -0.39 is 6.10 Å². The van der Waals surface area contributed by atoms with Crippen molar-refractivity contribution >= 4 is 0 Å². The summed E-state index contributed by atoms with van der Waals surface area (Å²) in [6.45, 7) is 1.41. The van der Waals surface area contributed by atoms with Crippen LogP contribution in [0.15, 0.2) is 39.5 Å². The SMILES string of the molecule is COc1ccc(OC)c2c1CN(Cc1nc(-c3ccco3)no1)C[C@@H]2O. The van der Waals surface area contributed by atoms with E-state index in [0.717, 1.165) is 11.1 Å². The van der Waals surface area contributed by atoms with E-state index in [1.165, 1.54) is 0 Å². The molecule has 1 atom stereocenters. The zero-order chi connectivity index (χ0) is 18.1. The second-order valence-electron chi connectivity index (χ2n) is 6.04. The Hall–Kier alpha value is -2.84. The second-order valence-corrected chi connectivity index (χ2v) is 6.04. The van der Waals surface area contributed by atoms with E-state index in [1.807, 2.05) is 17.0 Å². The molecule has 3 heterocycles. The second kappa shape index (κ2) is 6.81. The van der Waals surface area contributed by atoms with Gasteiger partial charge >= 0.3 is 0 Å². The van der Waals surface area contributed by atoms with Crippen molar-refractivity contribution < 1.29 is 23.5 Å². The number of fused-ring (bicyclic) bond motifs is 1. The van der Waals surface area contributed by atoms with E-state index in [4.69, 9.17) is 18.4 Å². The third-order valence-electron chi connectivity index (χ3n) is 4.43. The molecule has 136 valence electrons. The minimum atomic E-state index is -0.698. The number of rotatable bonds is 5. The number of methoxy groups -OCH3 is 2. The van der Waals surface area contributed by atoms with Crippen molar-refractivity contribution in [1.29, 1.82) is 0 Å². The molecule has 0 radical (unpaired) electrons. The van der Waals surface area contributed by atoms with Crippen LogP contribution < -0.4 is 9.47 Å². The molecule has 1 N–H and O–H groups in total. The first-order chi connectivity index (χ1) is 12.7. The summed E-state index contributed by atoms with van der Waals surface area (Å²) < 4.78 is 21.4. The van der Waals surface area contributed by atoms with Gasteiger partial charge in [0.2, 0.25) is 11.7 Å². The number of hydrogen-bond donors (Lipinski definition) is 1. The van der Waals surface area contributed by atoms with Crippen molar-refractivity contribution in [2.75, 3.05) is 20.8 Å². The van der Waals surface area contributed by atoms with Crippen LogP contribution in [0.2, 0.25) is 0 Å². The van der Waals surface area contributed by atoms with Crippen LogP contribution in [0.1, 0.15) is 23.1 Å². The fourth-order valence-electron chi connectivity index (χ4n) is 3.28. The maximum absolute atomic E-state index is 10.6. The molecule has 0 fully saturated rings. The van der Waals surface area contributed by atoms with Gasteiger partial charge in [0.1, 0.15) is 11.5 Å². The zero-order valence-electron chi connectivity index (χ0n) is 14.5. The number of aromatic nitrogens is 2. The highest BCUT2D eigenvalue weighted by Gasteiger charge is 2.30. The lowest BCUT2D eigenvalue weighted by molar-refractivity contribution is 0.0779. The van der Waals surface area contributed by atoms with Crippen LogP contribution in [0.3, 0.4) is 0 Å². The minimum Gasteiger partial charge on any atom is -0.496 e. The van der Waals surface area contributed by atoms with Gasteiger partial charge < -0.3 is 23.5 Å². The summed E-state index contributed by atoms with van der Waals surface area (Å²) in [4.78, 5) is 6.38. The van der Waals surface area contributed by atoms with Crippen molar-refractivity contribution in [2.45, 2.75) is 19.2 Å². The molecular formula is C18H19N3O5. The Bertz CT molecular complexity index is 890. The number of aliphatic hydroxyl groups excluding tert-OH is 1. The minimum absolute atomic E-state index is 0.405. The van der Waals surface area contributed by atoms with Crippen molar-refractivity contribution in [1.82, 2.24) is 15.0 Å². The molecule has 0 amide bonds. The molecule has 0 aliphatic carbocycles. The zero-order valence-corrected chi connectivity index (χ0v) is 14.5. The van der Waals surface area contributed by atoms with Gasteiger partial charge in [-0.05, 0) is 24.3 Å². The van der Waals surface area contributed by atoms with E-state index >= 15 is 0 Å². The summed E-state index contributed by atoms with van der Waals surface area (Å²) >= 11 is 0. The average Bonchev–Trinajstić information content (AvgIpc) is 3.32. The van der Waals surface area contributed by atoms with Crippen LogP contribution in [0, 0.1) is 0 Å². The molecule has 1 aliphatic rings. The van der Waals surface area contributed by atoms with Crippen LogP contribution in [-0.2, 0) is 13.1 Å². The van der Waals surface area contributed by atoms with Crippen molar-refractivity contribution in [2.24, 2.45) is 0 Å². The lowest BCUT2D eigenvalue weighted by Gasteiger charge is -2.33. The normalized spacial score (nSPS) is 17.1. The van der Waals surface area contributed by atoms with Crippen LogP contribution in [-0.4, -0.2) is 40.9 Å². The first-order valence-electron chi connectivity index (χ1n) is 8.20. The van der Waals surface area contributed by atoms with Gasteiger partial charge in [-0.3, -0.25) is 4.90 Å². The quantitative estimate of drug-likeness (QED) is 0.744. The van der Waals surface area contributed by atoms with Crippen molar-refractivity contribution in [3.63, 3.8) is 0 Å². The van der Waals surface area contributed by atoms with Gasteiger partial charge in [0, 0.05) is 24.2 Å². The third-order valence-corrected chi connectivity index (χ3v) is 4.43. The van der Waals surface area contributed by atoms with Gasteiger partial charge in [0.15, 0.2) is 5.76 Å². The molecule has 8 nitrogen and oxygen atoms in total. The fourth-order valence-corrected chi connectivity index (χ4v) is 3.28. The molecule has 8 heteroatoms. The number of β-amino-alcohol motifs (C(OH)–C–C–N with tert-alkyl or cyclic N) is 1. The third kappa shape index (κ3) is 2.93. The molecular weight excluding hydrogens is 338 g/mol. The fraction of sp³-hybridized carbons (Fsp3) is 0.333. The van der Waals surface area contributed by atoms with Gasteiger partial charge in [-0.1, -0.05) is 5.16 Å². The molecule has 0 unspecified atom stereocenters. The summed E-state index contributed by atoms with van der Waals surface area (Å²) in [6.07, 6.45) is 0.861.